The minimum absolute atomic E-state index is 0.496. The lowest BCUT2D eigenvalue weighted by Gasteiger charge is -2.45. The van der Waals surface area contributed by atoms with Crippen molar-refractivity contribution >= 4 is 0 Å². The Hall–Kier alpha value is -0.0800. The van der Waals surface area contributed by atoms with Gasteiger partial charge in [-0.1, -0.05) is 25.7 Å². The number of piperidine rings is 1. The first-order valence-electron chi connectivity index (χ1n) is 8.25. The van der Waals surface area contributed by atoms with E-state index in [2.05, 4.69) is 4.90 Å². The number of hydrogen-bond donors (Lipinski definition) is 1. The van der Waals surface area contributed by atoms with Crippen molar-refractivity contribution in [2.45, 2.75) is 70.3 Å². The summed E-state index contributed by atoms with van der Waals surface area (Å²) in [5.41, 5.74) is 6.96. The van der Waals surface area contributed by atoms with Crippen molar-refractivity contribution < 1.29 is 0 Å². The summed E-state index contributed by atoms with van der Waals surface area (Å²) in [4.78, 5) is 2.72. The van der Waals surface area contributed by atoms with Crippen LogP contribution in [0.5, 0.6) is 0 Å². The van der Waals surface area contributed by atoms with Crippen LogP contribution in [0.1, 0.15) is 64.2 Å². The van der Waals surface area contributed by atoms with Gasteiger partial charge in [0, 0.05) is 12.6 Å². The minimum atomic E-state index is 0.496. The molecule has 1 spiro atoms. The molecule has 3 rings (SSSR count). The van der Waals surface area contributed by atoms with E-state index in [0.717, 1.165) is 11.3 Å². The van der Waals surface area contributed by atoms with Crippen LogP contribution in [0.25, 0.3) is 0 Å². The van der Waals surface area contributed by atoms with Crippen molar-refractivity contribution in [3.8, 4) is 0 Å². The molecule has 2 N–H and O–H groups in total. The smallest absolute Gasteiger partial charge is 0.00793 e. The third-order valence-electron chi connectivity index (χ3n) is 6.04. The maximum atomic E-state index is 6.21. The Kier molecular flexibility index (Phi) is 3.95. The molecule has 1 saturated heterocycles. The van der Waals surface area contributed by atoms with Gasteiger partial charge in [-0.2, -0.15) is 0 Å². The van der Waals surface area contributed by atoms with E-state index in [-0.39, 0.29) is 0 Å². The molecule has 2 heteroatoms. The van der Waals surface area contributed by atoms with E-state index < -0.39 is 0 Å². The average molecular weight is 250 g/mol. The van der Waals surface area contributed by atoms with Crippen molar-refractivity contribution in [2.75, 3.05) is 19.6 Å². The summed E-state index contributed by atoms with van der Waals surface area (Å²) in [6.45, 7) is 3.99. The van der Waals surface area contributed by atoms with Gasteiger partial charge in [0.2, 0.25) is 0 Å². The maximum absolute atomic E-state index is 6.21. The Balaban J connectivity index is 1.47. The van der Waals surface area contributed by atoms with Gasteiger partial charge in [-0.05, 0) is 62.9 Å². The van der Waals surface area contributed by atoms with E-state index in [1.807, 2.05) is 0 Å². The summed E-state index contributed by atoms with van der Waals surface area (Å²) in [6, 6.07) is 0.496. The van der Waals surface area contributed by atoms with Crippen LogP contribution >= 0.6 is 0 Å². The highest BCUT2D eigenvalue weighted by Gasteiger charge is 2.36. The molecular weight excluding hydrogens is 220 g/mol. The monoisotopic (exact) mass is 250 g/mol. The molecule has 0 amide bonds. The maximum Gasteiger partial charge on any atom is 0.00793 e. The van der Waals surface area contributed by atoms with Gasteiger partial charge in [0.1, 0.15) is 0 Å². The third-order valence-corrected chi connectivity index (χ3v) is 6.04. The van der Waals surface area contributed by atoms with Gasteiger partial charge in [0.25, 0.3) is 0 Å². The van der Waals surface area contributed by atoms with E-state index in [1.54, 1.807) is 0 Å². The molecule has 2 nitrogen and oxygen atoms in total. The Bertz CT molecular complexity index is 260. The largest absolute Gasteiger partial charge is 0.327 e. The van der Waals surface area contributed by atoms with Gasteiger partial charge < -0.3 is 10.6 Å². The first kappa shape index (κ1) is 12.9. The van der Waals surface area contributed by atoms with Crippen molar-refractivity contribution in [1.29, 1.82) is 0 Å². The molecule has 3 fully saturated rings. The van der Waals surface area contributed by atoms with Crippen LogP contribution in [0.3, 0.4) is 0 Å². The molecule has 2 saturated carbocycles. The highest BCUT2D eigenvalue weighted by Crippen LogP contribution is 2.44. The van der Waals surface area contributed by atoms with Crippen molar-refractivity contribution in [2.24, 2.45) is 17.1 Å². The van der Waals surface area contributed by atoms with Gasteiger partial charge in [0.05, 0.1) is 0 Å². The van der Waals surface area contributed by atoms with E-state index in [0.29, 0.717) is 6.04 Å². The number of hydrogen-bond acceptors (Lipinski definition) is 2. The molecule has 2 unspecified atom stereocenters. The molecule has 0 bridgehead atoms. The molecule has 3 aliphatic rings. The Labute approximate surface area is 112 Å². The average Bonchev–Trinajstić information content (AvgIpc) is 2.79. The summed E-state index contributed by atoms with van der Waals surface area (Å²) in [5.74, 6) is 0.797. The standard InChI is InChI=1S/C16H30N2/c17-15-6-4-5-14(15)13-18-11-9-16(10-12-18)7-2-1-3-8-16/h14-15H,1-13,17H2. The number of nitrogens with zero attached hydrogens (tertiary/aromatic N) is 1. The predicted molar refractivity (Wildman–Crippen MR) is 76.5 cm³/mol. The molecule has 0 aromatic rings. The van der Waals surface area contributed by atoms with Crippen LogP contribution in [0.2, 0.25) is 0 Å². The second-order valence-electron chi connectivity index (χ2n) is 7.22. The molecule has 0 aromatic carbocycles. The molecule has 18 heavy (non-hydrogen) atoms. The van der Waals surface area contributed by atoms with E-state index in [9.17, 15) is 0 Å². The van der Waals surface area contributed by atoms with E-state index in [1.165, 1.54) is 83.8 Å². The quantitative estimate of drug-likeness (QED) is 0.815. The minimum Gasteiger partial charge on any atom is -0.327 e. The van der Waals surface area contributed by atoms with E-state index in [4.69, 9.17) is 5.73 Å². The molecular formula is C16H30N2. The number of rotatable bonds is 2. The van der Waals surface area contributed by atoms with Crippen LogP contribution in [0.15, 0.2) is 0 Å². The lowest BCUT2D eigenvalue weighted by Crippen LogP contribution is -2.44. The fraction of sp³-hybridized carbons (Fsp3) is 1.00. The summed E-state index contributed by atoms with van der Waals surface area (Å²) >= 11 is 0. The lowest BCUT2D eigenvalue weighted by atomic mass is 9.68. The molecule has 2 atom stereocenters. The number of likely N-dealkylation sites (tertiary alicyclic amines) is 1. The topological polar surface area (TPSA) is 29.3 Å². The summed E-state index contributed by atoms with van der Waals surface area (Å²) in [5, 5.41) is 0. The van der Waals surface area contributed by atoms with Gasteiger partial charge >= 0.3 is 0 Å². The van der Waals surface area contributed by atoms with Crippen molar-refractivity contribution in [1.82, 2.24) is 4.90 Å². The first-order chi connectivity index (χ1) is 8.77. The zero-order valence-corrected chi connectivity index (χ0v) is 11.9. The van der Waals surface area contributed by atoms with Gasteiger partial charge in [-0.25, -0.2) is 0 Å². The molecule has 0 aromatic heterocycles. The molecule has 1 heterocycles. The van der Waals surface area contributed by atoms with Crippen LogP contribution in [0, 0.1) is 11.3 Å². The van der Waals surface area contributed by atoms with Gasteiger partial charge in [-0.3, -0.25) is 0 Å². The van der Waals surface area contributed by atoms with Crippen LogP contribution < -0.4 is 5.73 Å². The SMILES string of the molecule is NC1CCCC1CN1CCC2(CCCCC2)CC1. The normalized spacial score (nSPS) is 37.2. The second-order valence-corrected chi connectivity index (χ2v) is 7.22. The molecule has 104 valence electrons. The van der Waals surface area contributed by atoms with Crippen LogP contribution in [0.4, 0.5) is 0 Å². The number of nitrogens with two attached hydrogens (primary N) is 1. The Morgan fingerprint density at radius 1 is 0.889 bits per heavy atom. The van der Waals surface area contributed by atoms with Gasteiger partial charge in [-0.15, -0.1) is 0 Å². The van der Waals surface area contributed by atoms with Crippen LogP contribution in [-0.2, 0) is 0 Å². The Morgan fingerprint density at radius 2 is 1.61 bits per heavy atom. The van der Waals surface area contributed by atoms with E-state index >= 15 is 0 Å². The molecule has 2 aliphatic carbocycles. The lowest BCUT2D eigenvalue weighted by molar-refractivity contribution is 0.0590. The van der Waals surface area contributed by atoms with Crippen LogP contribution in [-0.4, -0.2) is 30.6 Å². The third kappa shape index (κ3) is 2.75. The second kappa shape index (κ2) is 5.50. The Morgan fingerprint density at radius 3 is 2.22 bits per heavy atom. The van der Waals surface area contributed by atoms with Crippen molar-refractivity contribution in [3.05, 3.63) is 0 Å². The zero-order valence-electron chi connectivity index (χ0n) is 11.9. The molecule has 1 aliphatic heterocycles. The fourth-order valence-corrected chi connectivity index (χ4v) is 4.64. The summed E-state index contributed by atoms with van der Waals surface area (Å²) < 4.78 is 0. The first-order valence-corrected chi connectivity index (χ1v) is 8.25. The highest BCUT2D eigenvalue weighted by molar-refractivity contribution is 4.90. The zero-order chi connectivity index (χ0) is 12.4. The predicted octanol–water partition coefficient (Wildman–Crippen LogP) is 3.16. The van der Waals surface area contributed by atoms with Gasteiger partial charge in [0.15, 0.2) is 0 Å². The summed E-state index contributed by atoms with van der Waals surface area (Å²) in [6.07, 6.45) is 14.5. The summed E-state index contributed by atoms with van der Waals surface area (Å²) in [7, 11) is 0. The molecule has 0 radical (unpaired) electrons. The highest BCUT2D eigenvalue weighted by atomic mass is 15.1. The fourth-order valence-electron chi connectivity index (χ4n) is 4.64. The van der Waals surface area contributed by atoms with Crippen molar-refractivity contribution in [3.63, 3.8) is 0 Å².